The van der Waals surface area contributed by atoms with E-state index in [1.54, 1.807) is 0 Å². The molecule has 1 aromatic heterocycles. The number of hydrogen-bond donors (Lipinski definition) is 0. The van der Waals surface area contributed by atoms with Crippen LogP contribution in [0, 0.1) is 11.8 Å². The Morgan fingerprint density at radius 1 is 1.30 bits per heavy atom. The van der Waals surface area contributed by atoms with Gasteiger partial charge in [-0.05, 0) is 41.7 Å². The van der Waals surface area contributed by atoms with Gasteiger partial charge >= 0.3 is 0 Å². The predicted molar refractivity (Wildman–Crippen MR) is 98.9 cm³/mol. The molecule has 1 aromatic rings. The Hall–Kier alpha value is -0.870. The van der Waals surface area contributed by atoms with Crippen molar-refractivity contribution >= 4 is 17.2 Å². The Labute approximate surface area is 145 Å². The van der Waals surface area contributed by atoms with E-state index in [2.05, 4.69) is 55.9 Å². The summed E-state index contributed by atoms with van der Waals surface area (Å²) in [5.74, 6) is 1.48. The molecule has 1 aliphatic rings. The van der Waals surface area contributed by atoms with Crippen LogP contribution in [0.4, 0.5) is 0 Å². The first-order valence-electron chi connectivity index (χ1n) is 9.00. The fourth-order valence-corrected chi connectivity index (χ4v) is 4.58. The van der Waals surface area contributed by atoms with E-state index in [0.29, 0.717) is 24.3 Å². The van der Waals surface area contributed by atoms with Gasteiger partial charge in [-0.15, -0.1) is 11.3 Å². The summed E-state index contributed by atoms with van der Waals surface area (Å²) in [5, 5.41) is 2.17. The number of amides is 1. The maximum absolute atomic E-state index is 13.0. The summed E-state index contributed by atoms with van der Waals surface area (Å²) in [5.41, 5.74) is 1.39. The predicted octanol–water partition coefficient (Wildman–Crippen LogP) is 4.20. The summed E-state index contributed by atoms with van der Waals surface area (Å²) in [6.07, 6.45) is 2.02. The van der Waals surface area contributed by atoms with E-state index >= 15 is 0 Å². The van der Waals surface area contributed by atoms with Crippen LogP contribution < -0.4 is 0 Å². The molecule has 2 rings (SSSR count). The van der Waals surface area contributed by atoms with Crippen molar-refractivity contribution in [2.45, 2.75) is 53.5 Å². The number of carbonyl (C=O) groups excluding carboxylic acids is 1. The molecule has 0 aliphatic carbocycles. The second-order valence-electron chi connectivity index (χ2n) is 7.54. The van der Waals surface area contributed by atoms with Gasteiger partial charge < -0.3 is 4.90 Å². The molecule has 3 nitrogen and oxygen atoms in total. The van der Waals surface area contributed by atoms with Crippen molar-refractivity contribution < 1.29 is 4.79 Å². The highest BCUT2D eigenvalue weighted by atomic mass is 32.1. The molecule has 0 bridgehead atoms. The van der Waals surface area contributed by atoms with Gasteiger partial charge in [-0.3, -0.25) is 9.69 Å². The van der Waals surface area contributed by atoms with E-state index in [9.17, 15) is 4.79 Å². The zero-order valence-electron chi connectivity index (χ0n) is 15.3. The van der Waals surface area contributed by atoms with Gasteiger partial charge in [0.25, 0.3) is 0 Å². The Kier molecular flexibility index (Phi) is 6.66. The third-order valence-corrected chi connectivity index (χ3v) is 5.40. The molecule has 130 valence electrons. The van der Waals surface area contributed by atoms with Crippen molar-refractivity contribution in [2.24, 2.45) is 11.8 Å². The standard InChI is InChI=1S/C19H32N2OS/c1-6-17-16-8-10-23-18(16)7-9-21(17)19(22)13-20(11-14(2)3)12-15(4)5/h8,10,14-15,17H,6-7,9,11-13H2,1-5H3. The van der Waals surface area contributed by atoms with Crippen LogP contribution in [0.2, 0.25) is 0 Å². The van der Waals surface area contributed by atoms with E-state index in [4.69, 9.17) is 0 Å². The van der Waals surface area contributed by atoms with Crippen molar-refractivity contribution in [1.82, 2.24) is 9.80 Å². The summed E-state index contributed by atoms with van der Waals surface area (Å²) in [7, 11) is 0. The van der Waals surface area contributed by atoms with Crippen LogP contribution in [-0.2, 0) is 11.2 Å². The first kappa shape index (κ1) is 18.5. The largest absolute Gasteiger partial charge is 0.334 e. The lowest BCUT2D eigenvalue weighted by Crippen LogP contribution is -2.46. The maximum Gasteiger partial charge on any atom is 0.237 e. The molecule has 0 aromatic carbocycles. The minimum Gasteiger partial charge on any atom is -0.334 e. The van der Waals surface area contributed by atoms with Gasteiger partial charge in [0.1, 0.15) is 0 Å². The first-order valence-corrected chi connectivity index (χ1v) is 9.88. The van der Waals surface area contributed by atoms with Gasteiger partial charge in [0.2, 0.25) is 5.91 Å². The first-order chi connectivity index (χ1) is 10.9. The minimum atomic E-state index is 0.275. The average molecular weight is 337 g/mol. The lowest BCUT2D eigenvalue weighted by Gasteiger charge is -2.37. The molecule has 2 heterocycles. The van der Waals surface area contributed by atoms with E-state index in [-0.39, 0.29) is 6.04 Å². The molecule has 1 unspecified atom stereocenters. The van der Waals surface area contributed by atoms with Crippen LogP contribution in [0.3, 0.4) is 0 Å². The minimum absolute atomic E-state index is 0.275. The summed E-state index contributed by atoms with van der Waals surface area (Å²) in [4.78, 5) is 18.9. The van der Waals surface area contributed by atoms with Crippen LogP contribution in [-0.4, -0.2) is 41.9 Å². The molecule has 0 N–H and O–H groups in total. The number of nitrogens with zero attached hydrogens (tertiary/aromatic N) is 2. The summed E-state index contributed by atoms with van der Waals surface area (Å²) < 4.78 is 0. The van der Waals surface area contributed by atoms with E-state index < -0.39 is 0 Å². The molecule has 0 radical (unpaired) electrons. The molecule has 4 heteroatoms. The van der Waals surface area contributed by atoms with Crippen LogP contribution in [0.5, 0.6) is 0 Å². The smallest absolute Gasteiger partial charge is 0.237 e. The topological polar surface area (TPSA) is 23.6 Å². The second-order valence-corrected chi connectivity index (χ2v) is 8.54. The number of fused-ring (bicyclic) bond motifs is 1. The van der Waals surface area contributed by atoms with Gasteiger partial charge in [0.05, 0.1) is 12.6 Å². The van der Waals surface area contributed by atoms with Crippen molar-refractivity contribution in [3.05, 3.63) is 21.9 Å². The molecule has 1 atom stereocenters. The van der Waals surface area contributed by atoms with Crippen LogP contribution in [0.15, 0.2) is 11.4 Å². The highest BCUT2D eigenvalue weighted by Gasteiger charge is 2.31. The number of thiophene rings is 1. The second kappa shape index (κ2) is 8.29. The highest BCUT2D eigenvalue weighted by molar-refractivity contribution is 7.10. The quantitative estimate of drug-likeness (QED) is 0.745. The Bertz CT molecular complexity index is 499. The number of carbonyl (C=O) groups is 1. The third kappa shape index (κ3) is 4.80. The van der Waals surface area contributed by atoms with E-state index in [0.717, 1.165) is 32.5 Å². The molecule has 1 aliphatic heterocycles. The van der Waals surface area contributed by atoms with Gasteiger partial charge in [0, 0.05) is 24.5 Å². The molecular formula is C19H32N2OS. The van der Waals surface area contributed by atoms with E-state index in [1.165, 1.54) is 10.4 Å². The normalized spacial score (nSPS) is 18.1. The molecule has 0 spiro atoms. The zero-order valence-corrected chi connectivity index (χ0v) is 16.2. The highest BCUT2D eigenvalue weighted by Crippen LogP contribution is 2.35. The zero-order chi connectivity index (χ0) is 17.0. The Morgan fingerprint density at radius 2 is 1.96 bits per heavy atom. The van der Waals surface area contributed by atoms with Crippen molar-refractivity contribution in [1.29, 1.82) is 0 Å². The van der Waals surface area contributed by atoms with Gasteiger partial charge in [0.15, 0.2) is 0 Å². The van der Waals surface area contributed by atoms with Crippen LogP contribution >= 0.6 is 11.3 Å². The van der Waals surface area contributed by atoms with Crippen LogP contribution in [0.25, 0.3) is 0 Å². The fraction of sp³-hybridized carbons (Fsp3) is 0.737. The summed E-state index contributed by atoms with van der Waals surface area (Å²) in [6.45, 7) is 14.5. The Morgan fingerprint density at radius 3 is 2.52 bits per heavy atom. The van der Waals surface area contributed by atoms with Crippen molar-refractivity contribution in [3.8, 4) is 0 Å². The van der Waals surface area contributed by atoms with Crippen molar-refractivity contribution in [3.63, 3.8) is 0 Å². The van der Waals surface area contributed by atoms with E-state index in [1.807, 2.05) is 11.3 Å². The molecule has 0 fully saturated rings. The monoisotopic (exact) mass is 336 g/mol. The average Bonchev–Trinajstić information content (AvgIpc) is 2.92. The molecule has 23 heavy (non-hydrogen) atoms. The van der Waals surface area contributed by atoms with Gasteiger partial charge in [-0.2, -0.15) is 0 Å². The SMILES string of the molecule is CCC1c2ccsc2CCN1C(=O)CN(CC(C)C)CC(C)C. The lowest BCUT2D eigenvalue weighted by molar-refractivity contribution is -0.135. The summed E-state index contributed by atoms with van der Waals surface area (Å²) in [6, 6.07) is 2.49. The molecule has 0 saturated heterocycles. The fourth-order valence-electron chi connectivity index (χ4n) is 3.65. The Balaban J connectivity index is 2.06. The molecule has 0 saturated carbocycles. The molecule has 1 amide bonds. The van der Waals surface area contributed by atoms with Gasteiger partial charge in [-0.1, -0.05) is 34.6 Å². The van der Waals surface area contributed by atoms with Crippen molar-refractivity contribution in [2.75, 3.05) is 26.2 Å². The van der Waals surface area contributed by atoms with Crippen LogP contribution in [0.1, 0.15) is 57.5 Å². The third-order valence-electron chi connectivity index (χ3n) is 4.41. The molecular weight excluding hydrogens is 304 g/mol. The maximum atomic E-state index is 13.0. The number of rotatable bonds is 7. The number of hydrogen-bond acceptors (Lipinski definition) is 3. The lowest BCUT2D eigenvalue weighted by atomic mass is 9.97. The summed E-state index contributed by atoms with van der Waals surface area (Å²) >= 11 is 1.84. The van der Waals surface area contributed by atoms with Gasteiger partial charge in [-0.25, -0.2) is 0 Å².